The molecule has 0 aliphatic carbocycles. The van der Waals surface area contributed by atoms with Crippen molar-refractivity contribution in [1.29, 1.82) is 0 Å². The van der Waals surface area contributed by atoms with Gasteiger partial charge in [-0.05, 0) is 0 Å². The molecule has 0 amide bonds. The van der Waals surface area contributed by atoms with Crippen LogP contribution in [0.4, 0.5) is 0 Å². The summed E-state index contributed by atoms with van der Waals surface area (Å²) in [6.45, 7) is 17.5. The molecule has 0 N–H and O–H groups in total. The van der Waals surface area contributed by atoms with Gasteiger partial charge in [-0.3, -0.25) is 0 Å². The molecule has 0 saturated carbocycles. The number of rotatable bonds is 0. The molecule has 0 aromatic heterocycles. The summed E-state index contributed by atoms with van der Waals surface area (Å²) in [6, 6.07) is 0. The van der Waals surface area contributed by atoms with Crippen molar-refractivity contribution in [3.63, 3.8) is 0 Å². The third-order valence-corrected chi connectivity index (χ3v) is 0. The SMILES string of the molecule is [C-]#[N+]C.[C-]#[N+]C.[C-]#[N+]C.[Cl][Rh]([Cl])[Cl]. The van der Waals surface area contributed by atoms with Gasteiger partial charge >= 0.3 is 42.1 Å². The van der Waals surface area contributed by atoms with E-state index < -0.39 is 13.0 Å². The molecule has 0 bridgehead atoms. The predicted molar refractivity (Wildman–Crippen MR) is 55.1 cm³/mol. The van der Waals surface area contributed by atoms with Crippen molar-refractivity contribution in [2.45, 2.75) is 0 Å². The summed E-state index contributed by atoms with van der Waals surface area (Å²) in [5, 5.41) is 0. The molecule has 0 aromatic carbocycles. The molecular weight excluding hydrogens is 323 g/mol. The van der Waals surface area contributed by atoms with Gasteiger partial charge in [-0.2, -0.15) is 0 Å². The third-order valence-electron chi connectivity index (χ3n) is 0. The summed E-state index contributed by atoms with van der Waals surface area (Å²) in [4.78, 5) is 8.25. The number of hydrogen-bond acceptors (Lipinski definition) is 0. The molecule has 78 valence electrons. The topological polar surface area (TPSA) is 13.1 Å². The minimum absolute atomic E-state index is 1.42. The molecule has 13 heavy (non-hydrogen) atoms. The molecule has 0 aliphatic heterocycles. The first-order valence-electron chi connectivity index (χ1n) is 2.39. The first kappa shape index (κ1) is 23.1. The fraction of sp³-hybridized carbons (Fsp3) is 0.500. The van der Waals surface area contributed by atoms with E-state index in [1.54, 1.807) is 0 Å². The Morgan fingerprint density at radius 3 is 0.769 bits per heavy atom. The fourth-order valence-electron chi connectivity index (χ4n) is 0. The Kier molecular flexibility index (Phi) is 71.8. The first-order valence-corrected chi connectivity index (χ1v) is 8.72. The predicted octanol–water partition coefficient (Wildman–Crippen LogP) is 3.67. The molecule has 0 aliphatic rings. The van der Waals surface area contributed by atoms with Gasteiger partial charge < -0.3 is 14.5 Å². The Labute approximate surface area is 97.1 Å². The van der Waals surface area contributed by atoms with E-state index in [2.05, 4.69) is 14.5 Å². The zero-order valence-electron chi connectivity index (χ0n) is 7.31. The van der Waals surface area contributed by atoms with Crippen LogP contribution in [-0.2, 0) is 13.0 Å². The van der Waals surface area contributed by atoms with Gasteiger partial charge in [0, 0.05) is 0 Å². The van der Waals surface area contributed by atoms with Crippen LogP contribution in [0.2, 0.25) is 0 Å². The van der Waals surface area contributed by atoms with Crippen LogP contribution in [0.25, 0.3) is 14.5 Å². The summed E-state index contributed by atoms with van der Waals surface area (Å²) < 4.78 is 0. The first-order chi connectivity index (χ1) is 5.97. The van der Waals surface area contributed by atoms with Crippen LogP contribution < -0.4 is 0 Å². The number of nitrogens with zero attached hydrogens (tertiary/aromatic N) is 3. The van der Waals surface area contributed by atoms with Gasteiger partial charge in [0.1, 0.15) is 0 Å². The van der Waals surface area contributed by atoms with Crippen LogP contribution in [0.3, 0.4) is 0 Å². The van der Waals surface area contributed by atoms with Gasteiger partial charge in [0.15, 0.2) is 0 Å². The molecule has 0 saturated heterocycles. The molecule has 3 nitrogen and oxygen atoms in total. The number of halogens is 3. The molecular formula is C6H9Cl3N3Rh. The van der Waals surface area contributed by atoms with E-state index in [4.69, 9.17) is 48.8 Å². The maximum absolute atomic E-state index is 5.83. The Hall–Kier alpha value is -0.0366. The summed E-state index contributed by atoms with van der Waals surface area (Å²) in [5.74, 6) is 0. The molecule has 0 spiro atoms. The van der Waals surface area contributed by atoms with E-state index in [0.717, 1.165) is 0 Å². The van der Waals surface area contributed by atoms with Crippen molar-refractivity contribution in [1.82, 2.24) is 0 Å². The molecule has 0 aromatic rings. The van der Waals surface area contributed by atoms with Crippen LogP contribution in [0.1, 0.15) is 0 Å². The summed E-state index contributed by atoms with van der Waals surface area (Å²) in [7, 11) is 19.1. The van der Waals surface area contributed by atoms with Gasteiger partial charge in [-0.1, -0.05) is 0 Å². The molecule has 7 heteroatoms. The van der Waals surface area contributed by atoms with E-state index in [1.807, 2.05) is 0 Å². The van der Waals surface area contributed by atoms with Crippen LogP contribution in [-0.4, -0.2) is 21.1 Å². The second-order valence-corrected chi connectivity index (χ2v) is 8.28. The average Bonchev–Trinajstić information content (AvgIpc) is 1.88. The molecule has 0 unspecified atom stereocenters. The average molecular weight is 332 g/mol. The van der Waals surface area contributed by atoms with Crippen molar-refractivity contribution in [2.24, 2.45) is 0 Å². The second-order valence-electron chi connectivity index (χ2n) is 0.814. The fourth-order valence-corrected chi connectivity index (χ4v) is 0. The zero-order valence-corrected chi connectivity index (χ0v) is 11.2. The van der Waals surface area contributed by atoms with Gasteiger partial charge in [0.25, 0.3) is 0 Å². The van der Waals surface area contributed by atoms with Gasteiger partial charge in [0.2, 0.25) is 21.1 Å². The van der Waals surface area contributed by atoms with Crippen molar-refractivity contribution in [3.05, 3.63) is 34.3 Å². The van der Waals surface area contributed by atoms with Crippen molar-refractivity contribution in [3.8, 4) is 0 Å². The second kappa shape index (κ2) is 40.4. The van der Waals surface area contributed by atoms with Crippen molar-refractivity contribution < 1.29 is 13.0 Å². The molecule has 0 heterocycles. The minimum atomic E-state index is -1.66. The van der Waals surface area contributed by atoms with Crippen LogP contribution in [0.5, 0.6) is 0 Å². The number of hydrogen-bond donors (Lipinski definition) is 0. The van der Waals surface area contributed by atoms with Gasteiger partial charge in [-0.25, -0.2) is 19.7 Å². The standard InChI is InChI=1S/3C2H3N.3ClH.Rh/c3*1-3-2;;;;/h3*1H3;3*1H;/q;;;;;;+3/p-3. The van der Waals surface area contributed by atoms with Gasteiger partial charge in [0.05, 0.1) is 0 Å². The monoisotopic (exact) mass is 331 g/mol. The van der Waals surface area contributed by atoms with Gasteiger partial charge in [-0.15, -0.1) is 0 Å². The summed E-state index contributed by atoms with van der Waals surface area (Å²) in [6.07, 6.45) is 0. The van der Waals surface area contributed by atoms with E-state index >= 15 is 0 Å². The Bertz CT molecular complexity index is 146. The van der Waals surface area contributed by atoms with E-state index in [-0.39, 0.29) is 0 Å². The molecule has 0 fully saturated rings. The molecule has 0 radical (unpaired) electrons. The van der Waals surface area contributed by atoms with Crippen molar-refractivity contribution in [2.75, 3.05) is 21.1 Å². The Morgan fingerprint density at radius 1 is 0.769 bits per heavy atom. The Balaban J connectivity index is -0.0000000420. The van der Waals surface area contributed by atoms with E-state index in [9.17, 15) is 0 Å². The Morgan fingerprint density at radius 2 is 0.769 bits per heavy atom. The van der Waals surface area contributed by atoms with E-state index in [1.165, 1.54) is 21.1 Å². The third kappa shape index (κ3) is 885000. The normalized spacial score (nSPS) is 5.31. The van der Waals surface area contributed by atoms with Crippen LogP contribution in [0, 0.1) is 19.7 Å². The summed E-state index contributed by atoms with van der Waals surface area (Å²) in [5.41, 5.74) is 0. The summed E-state index contributed by atoms with van der Waals surface area (Å²) >= 11 is -1.66. The quantitative estimate of drug-likeness (QED) is 0.474. The zero-order chi connectivity index (χ0) is 11.7. The van der Waals surface area contributed by atoms with Crippen LogP contribution >= 0.6 is 29.1 Å². The van der Waals surface area contributed by atoms with Crippen LogP contribution in [0.15, 0.2) is 0 Å². The molecule has 0 atom stereocenters. The van der Waals surface area contributed by atoms with Crippen molar-refractivity contribution >= 4 is 29.1 Å². The van der Waals surface area contributed by atoms with E-state index in [0.29, 0.717) is 0 Å². The molecule has 0 rings (SSSR count). The maximum atomic E-state index is 5.83.